The molecule has 3 aromatic carbocycles. The number of carbonyl (C=O) groups excluding carboxylic acids is 2. The van der Waals surface area contributed by atoms with Crippen LogP contribution in [0.4, 0.5) is 10.1 Å². The summed E-state index contributed by atoms with van der Waals surface area (Å²) >= 11 is 0. The van der Waals surface area contributed by atoms with Crippen LogP contribution in [0.2, 0.25) is 0 Å². The first-order valence-electron chi connectivity index (χ1n) is 13.4. The number of methoxy groups -OCH3 is 2. The largest absolute Gasteiger partial charge is 0.493 e. The lowest BCUT2D eigenvalue weighted by atomic mass is 10.1. The van der Waals surface area contributed by atoms with E-state index in [0.29, 0.717) is 11.3 Å². The number of aryl methyl sites for hydroxylation is 2. The second-order valence-electron chi connectivity index (χ2n) is 10.4. The maximum atomic E-state index is 14.2. The molecule has 2 amide bonds. The zero-order valence-electron chi connectivity index (χ0n) is 25.0. The van der Waals surface area contributed by atoms with Gasteiger partial charge in [0.15, 0.2) is 11.5 Å². The molecule has 3 aromatic rings. The molecule has 0 fully saturated rings. The minimum absolute atomic E-state index is 0.0388. The molecule has 1 unspecified atom stereocenters. The van der Waals surface area contributed by atoms with E-state index in [1.807, 2.05) is 19.9 Å². The minimum atomic E-state index is -4.32. The number of anilines is 1. The van der Waals surface area contributed by atoms with E-state index in [-0.39, 0.29) is 28.9 Å². The molecule has 1 atom stereocenters. The Kier molecular flexibility index (Phi) is 10.6. The summed E-state index contributed by atoms with van der Waals surface area (Å²) in [5, 5.41) is 2.80. The van der Waals surface area contributed by atoms with Gasteiger partial charge in [-0.1, -0.05) is 18.2 Å². The Labute approximate surface area is 247 Å². The molecule has 226 valence electrons. The fourth-order valence-electron chi connectivity index (χ4n) is 4.50. The van der Waals surface area contributed by atoms with Gasteiger partial charge < -0.3 is 19.7 Å². The maximum absolute atomic E-state index is 14.2. The highest BCUT2D eigenvalue weighted by Gasteiger charge is 2.33. The number of hydrogen-bond acceptors (Lipinski definition) is 6. The van der Waals surface area contributed by atoms with E-state index in [4.69, 9.17) is 9.47 Å². The molecule has 0 aliphatic heterocycles. The van der Waals surface area contributed by atoms with Gasteiger partial charge in [-0.2, -0.15) is 0 Å². The quantitative estimate of drug-likeness (QED) is 0.326. The molecular weight excluding hydrogens is 561 g/mol. The van der Waals surface area contributed by atoms with Crippen molar-refractivity contribution >= 4 is 27.5 Å². The number of ether oxygens (including phenoxy) is 2. The summed E-state index contributed by atoms with van der Waals surface area (Å²) in [6, 6.07) is 13.9. The van der Waals surface area contributed by atoms with Gasteiger partial charge in [0.2, 0.25) is 11.8 Å². The number of amides is 2. The van der Waals surface area contributed by atoms with Crippen LogP contribution in [-0.4, -0.2) is 58.0 Å². The van der Waals surface area contributed by atoms with E-state index in [2.05, 4.69) is 5.32 Å². The van der Waals surface area contributed by atoms with Crippen molar-refractivity contribution in [2.24, 2.45) is 0 Å². The molecule has 9 nitrogen and oxygen atoms in total. The smallest absolute Gasteiger partial charge is 0.264 e. The Morgan fingerprint density at radius 3 is 2.02 bits per heavy atom. The van der Waals surface area contributed by atoms with Gasteiger partial charge in [-0.05, 0) is 87.7 Å². The van der Waals surface area contributed by atoms with Crippen LogP contribution in [0.15, 0.2) is 65.6 Å². The Morgan fingerprint density at radius 1 is 0.881 bits per heavy atom. The minimum Gasteiger partial charge on any atom is -0.493 e. The third kappa shape index (κ3) is 7.79. The van der Waals surface area contributed by atoms with Crippen LogP contribution in [0.1, 0.15) is 37.5 Å². The molecule has 0 aliphatic carbocycles. The predicted molar refractivity (Wildman–Crippen MR) is 160 cm³/mol. The summed E-state index contributed by atoms with van der Waals surface area (Å²) in [7, 11) is -1.47. The Bertz CT molecular complexity index is 1510. The second-order valence-corrected chi connectivity index (χ2v) is 12.2. The van der Waals surface area contributed by atoms with Crippen LogP contribution in [0.3, 0.4) is 0 Å². The van der Waals surface area contributed by atoms with Gasteiger partial charge in [0.05, 0.1) is 24.8 Å². The summed E-state index contributed by atoms with van der Waals surface area (Å²) in [6.45, 7) is 8.20. The topological polar surface area (TPSA) is 105 Å². The summed E-state index contributed by atoms with van der Waals surface area (Å²) in [5.74, 6) is -0.900. The highest BCUT2D eigenvalue weighted by atomic mass is 32.2. The molecule has 3 rings (SSSR count). The molecule has 0 bridgehead atoms. The van der Waals surface area contributed by atoms with Crippen molar-refractivity contribution in [3.63, 3.8) is 0 Å². The average molecular weight is 600 g/mol. The van der Waals surface area contributed by atoms with E-state index in [1.54, 1.807) is 32.9 Å². The Morgan fingerprint density at radius 2 is 1.48 bits per heavy atom. The van der Waals surface area contributed by atoms with Crippen molar-refractivity contribution < 1.29 is 31.9 Å². The third-order valence-electron chi connectivity index (χ3n) is 6.58. The van der Waals surface area contributed by atoms with Gasteiger partial charge in [0.1, 0.15) is 18.4 Å². The first-order chi connectivity index (χ1) is 19.8. The van der Waals surface area contributed by atoms with Gasteiger partial charge in [0, 0.05) is 18.7 Å². The van der Waals surface area contributed by atoms with Crippen LogP contribution in [0, 0.1) is 19.7 Å². The zero-order chi connectivity index (χ0) is 31.2. The SMILES string of the molecule is COc1ccc(S(=O)(=O)N(CC(=O)N(Cc2ccc(F)cc2)C(C)C(=O)NC(C)C)c2cc(C)cc(C)c2)cc1OC. The van der Waals surface area contributed by atoms with Crippen LogP contribution < -0.4 is 19.1 Å². The molecular formula is C31H38FN3O6S. The lowest BCUT2D eigenvalue weighted by molar-refractivity contribution is -0.139. The summed E-state index contributed by atoms with van der Waals surface area (Å²) < 4.78 is 53.5. The highest BCUT2D eigenvalue weighted by molar-refractivity contribution is 7.92. The Hall–Kier alpha value is -4.12. The van der Waals surface area contributed by atoms with Gasteiger partial charge in [0.25, 0.3) is 10.0 Å². The molecule has 0 aromatic heterocycles. The molecule has 0 heterocycles. The monoisotopic (exact) mass is 599 g/mol. The number of carbonyl (C=O) groups is 2. The number of halogens is 1. The number of rotatable bonds is 12. The van der Waals surface area contributed by atoms with E-state index in [9.17, 15) is 22.4 Å². The van der Waals surface area contributed by atoms with Crippen LogP contribution in [0.25, 0.3) is 0 Å². The van der Waals surface area contributed by atoms with Crippen LogP contribution >= 0.6 is 0 Å². The highest BCUT2D eigenvalue weighted by Crippen LogP contribution is 2.33. The first-order valence-corrected chi connectivity index (χ1v) is 14.9. The first kappa shape index (κ1) is 32.4. The molecule has 0 spiro atoms. The van der Waals surface area contributed by atoms with Gasteiger partial charge in [-0.25, -0.2) is 12.8 Å². The molecule has 42 heavy (non-hydrogen) atoms. The molecule has 0 saturated heterocycles. The number of nitrogens with zero attached hydrogens (tertiary/aromatic N) is 2. The summed E-state index contributed by atoms with van der Waals surface area (Å²) in [5.41, 5.74) is 2.47. The van der Waals surface area contributed by atoms with Crippen molar-refractivity contribution in [3.05, 3.63) is 83.2 Å². The van der Waals surface area contributed by atoms with E-state index < -0.39 is 40.2 Å². The molecule has 1 N–H and O–H groups in total. The van der Waals surface area contributed by atoms with E-state index in [0.717, 1.165) is 15.4 Å². The number of nitrogens with one attached hydrogen (secondary N) is 1. The molecule has 0 radical (unpaired) electrons. The van der Waals surface area contributed by atoms with Crippen molar-refractivity contribution in [3.8, 4) is 11.5 Å². The molecule has 0 saturated carbocycles. The van der Waals surface area contributed by atoms with Gasteiger partial charge in [-0.15, -0.1) is 0 Å². The van der Waals surface area contributed by atoms with Crippen molar-refractivity contribution in [1.82, 2.24) is 10.2 Å². The van der Waals surface area contributed by atoms with E-state index in [1.165, 1.54) is 61.6 Å². The summed E-state index contributed by atoms with van der Waals surface area (Å²) in [4.78, 5) is 28.2. The maximum Gasteiger partial charge on any atom is 0.264 e. The van der Waals surface area contributed by atoms with Crippen LogP contribution in [-0.2, 0) is 26.2 Å². The predicted octanol–water partition coefficient (Wildman–Crippen LogP) is 4.60. The number of hydrogen-bond donors (Lipinski definition) is 1. The van der Waals surface area contributed by atoms with Gasteiger partial charge >= 0.3 is 0 Å². The molecule has 11 heteroatoms. The standard InChI is InChI=1S/C31H38FN3O6S/c1-20(2)33-31(37)23(5)34(18-24-8-10-25(32)11-9-24)30(36)19-35(26-15-21(3)14-22(4)16-26)42(38,39)27-12-13-28(40-6)29(17-27)41-7/h8-17,20,23H,18-19H2,1-7H3,(H,33,37). The third-order valence-corrected chi connectivity index (χ3v) is 8.35. The van der Waals surface area contributed by atoms with E-state index >= 15 is 0 Å². The lowest BCUT2D eigenvalue weighted by Gasteiger charge is -2.32. The molecule has 0 aliphatic rings. The summed E-state index contributed by atoms with van der Waals surface area (Å²) in [6.07, 6.45) is 0. The fourth-order valence-corrected chi connectivity index (χ4v) is 5.92. The Balaban J connectivity index is 2.10. The average Bonchev–Trinajstić information content (AvgIpc) is 2.93. The van der Waals surface area contributed by atoms with Gasteiger partial charge in [-0.3, -0.25) is 13.9 Å². The van der Waals surface area contributed by atoms with Crippen molar-refractivity contribution in [2.75, 3.05) is 25.1 Å². The van der Waals surface area contributed by atoms with Crippen molar-refractivity contribution in [1.29, 1.82) is 0 Å². The van der Waals surface area contributed by atoms with Crippen LogP contribution in [0.5, 0.6) is 11.5 Å². The fraction of sp³-hybridized carbons (Fsp3) is 0.355. The normalized spacial score (nSPS) is 12.0. The lowest BCUT2D eigenvalue weighted by Crippen LogP contribution is -2.52. The number of sulfonamides is 1. The second kappa shape index (κ2) is 13.7. The number of benzene rings is 3. The zero-order valence-corrected chi connectivity index (χ0v) is 25.8. The van der Waals surface area contributed by atoms with Crippen molar-refractivity contribution in [2.45, 2.75) is 58.1 Å².